The molecule has 0 aliphatic rings. The number of hydrogen-bond donors (Lipinski definition) is 1. The Hall–Kier alpha value is -1.20. The molecule has 0 spiro atoms. The van der Waals surface area contributed by atoms with E-state index in [2.05, 4.69) is 33.2 Å². The normalized spacial score (nSPS) is 10.4. The molecule has 1 heterocycles. The van der Waals surface area contributed by atoms with Gasteiger partial charge < -0.3 is 0 Å². The number of hydrogen-bond acceptors (Lipinski definition) is 3. The Morgan fingerprint density at radius 1 is 1.39 bits per heavy atom. The molecule has 0 aliphatic carbocycles. The van der Waals surface area contributed by atoms with Gasteiger partial charge in [0.1, 0.15) is 0 Å². The highest BCUT2D eigenvalue weighted by Gasteiger charge is 2.10. The van der Waals surface area contributed by atoms with E-state index in [1.54, 1.807) is 12.1 Å². The van der Waals surface area contributed by atoms with Gasteiger partial charge in [-0.25, -0.2) is 4.98 Å². The molecule has 0 atom stereocenters. The summed E-state index contributed by atoms with van der Waals surface area (Å²) >= 11 is 4.85. The van der Waals surface area contributed by atoms with Crippen LogP contribution in [0, 0.1) is 6.92 Å². The summed E-state index contributed by atoms with van der Waals surface area (Å²) in [5, 5.41) is 3.49. The van der Waals surface area contributed by atoms with Crippen molar-refractivity contribution in [2.24, 2.45) is 0 Å². The second-order valence-electron chi connectivity index (χ2n) is 3.84. The molecular formula is C13H13BrN2OS. The lowest BCUT2D eigenvalue weighted by Crippen LogP contribution is -2.11. The molecule has 0 fully saturated rings. The Kier molecular flexibility index (Phi) is 4.14. The molecule has 18 heavy (non-hydrogen) atoms. The molecule has 0 aliphatic heterocycles. The minimum absolute atomic E-state index is 0.126. The summed E-state index contributed by atoms with van der Waals surface area (Å²) in [5.74, 6) is -0.126. The first-order valence-electron chi connectivity index (χ1n) is 5.63. The number of halogens is 1. The second kappa shape index (κ2) is 5.63. The Bertz CT molecular complexity index is 563. The highest BCUT2D eigenvalue weighted by molar-refractivity contribution is 9.10. The Morgan fingerprint density at radius 3 is 2.61 bits per heavy atom. The lowest BCUT2D eigenvalue weighted by molar-refractivity contribution is 0.102. The number of rotatable bonds is 3. The molecule has 1 aromatic carbocycles. The van der Waals surface area contributed by atoms with Crippen LogP contribution >= 0.6 is 27.3 Å². The number of carbonyl (C=O) groups excluding carboxylic acids is 1. The topological polar surface area (TPSA) is 42.0 Å². The standard InChI is InChI=1S/C13H13BrN2OS/c1-3-11-8(2)18-13(15-11)16-12(17)9-4-6-10(14)7-5-9/h4-7H,3H2,1-2H3,(H,15,16,17). The maximum absolute atomic E-state index is 12.0. The number of anilines is 1. The van der Waals surface area contributed by atoms with Gasteiger partial charge in [-0.3, -0.25) is 10.1 Å². The summed E-state index contributed by atoms with van der Waals surface area (Å²) in [6, 6.07) is 7.25. The van der Waals surface area contributed by atoms with E-state index in [-0.39, 0.29) is 5.91 Å². The molecule has 5 heteroatoms. The highest BCUT2D eigenvalue weighted by Crippen LogP contribution is 2.23. The van der Waals surface area contributed by atoms with Crippen LogP contribution in [-0.4, -0.2) is 10.9 Å². The predicted octanol–water partition coefficient (Wildman–Crippen LogP) is 4.03. The largest absolute Gasteiger partial charge is 0.298 e. The van der Waals surface area contributed by atoms with Crippen molar-refractivity contribution in [3.05, 3.63) is 44.9 Å². The van der Waals surface area contributed by atoms with E-state index in [1.807, 2.05) is 19.1 Å². The number of benzene rings is 1. The van der Waals surface area contributed by atoms with Gasteiger partial charge in [0.2, 0.25) is 0 Å². The van der Waals surface area contributed by atoms with E-state index >= 15 is 0 Å². The first-order chi connectivity index (χ1) is 8.60. The van der Waals surface area contributed by atoms with Gasteiger partial charge in [0.15, 0.2) is 5.13 Å². The summed E-state index contributed by atoms with van der Waals surface area (Å²) < 4.78 is 0.956. The van der Waals surface area contributed by atoms with Crippen LogP contribution in [0.5, 0.6) is 0 Å². The predicted molar refractivity (Wildman–Crippen MR) is 78.3 cm³/mol. The third-order valence-corrected chi connectivity index (χ3v) is 4.01. The lowest BCUT2D eigenvalue weighted by atomic mass is 10.2. The second-order valence-corrected chi connectivity index (χ2v) is 5.96. The van der Waals surface area contributed by atoms with Gasteiger partial charge >= 0.3 is 0 Å². The summed E-state index contributed by atoms with van der Waals surface area (Å²) in [6.07, 6.45) is 0.885. The molecule has 94 valence electrons. The summed E-state index contributed by atoms with van der Waals surface area (Å²) in [4.78, 5) is 17.5. The summed E-state index contributed by atoms with van der Waals surface area (Å²) in [5.41, 5.74) is 1.68. The fourth-order valence-electron chi connectivity index (χ4n) is 1.58. The molecule has 0 saturated carbocycles. The molecule has 2 rings (SSSR count). The molecule has 2 aromatic rings. The number of thiazole rings is 1. The molecule has 1 N–H and O–H groups in total. The fourth-order valence-corrected chi connectivity index (χ4v) is 2.74. The van der Waals surface area contributed by atoms with Crippen molar-refractivity contribution in [1.82, 2.24) is 4.98 Å². The van der Waals surface area contributed by atoms with Gasteiger partial charge in [-0.2, -0.15) is 0 Å². The molecule has 0 unspecified atom stereocenters. The third kappa shape index (κ3) is 2.97. The van der Waals surface area contributed by atoms with Crippen LogP contribution in [0.1, 0.15) is 27.9 Å². The van der Waals surface area contributed by atoms with Gasteiger partial charge in [0.05, 0.1) is 5.69 Å². The van der Waals surface area contributed by atoms with Crippen molar-refractivity contribution in [2.45, 2.75) is 20.3 Å². The van der Waals surface area contributed by atoms with Gasteiger partial charge in [-0.05, 0) is 37.6 Å². The summed E-state index contributed by atoms with van der Waals surface area (Å²) in [6.45, 7) is 4.08. The van der Waals surface area contributed by atoms with Crippen LogP contribution in [0.25, 0.3) is 0 Å². The molecule has 1 aromatic heterocycles. The van der Waals surface area contributed by atoms with Gasteiger partial charge in [-0.15, -0.1) is 11.3 Å². The van der Waals surface area contributed by atoms with Crippen LogP contribution in [-0.2, 0) is 6.42 Å². The Morgan fingerprint density at radius 2 is 2.06 bits per heavy atom. The van der Waals surface area contributed by atoms with Gasteiger partial charge in [0, 0.05) is 14.9 Å². The molecule has 1 amide bonds. The Balaban J connectivity index is 2.13. The number of aromatic nitrogens is 1. The fraction of sp³-hybridized carbons (Fsp3) is 0.231. The van der Waals surface area contributed by atoms with Gasteiger partial charge in [-0.1, -0.05) is 22.9 Å². The number of nitrogens with one attached hydrogen (secondary N) is 1. The molecule has 0 bridgehead atoms. The zero-order valence-corrected chi connectivity index (χ0v) is 12.6. The average molecular weight is 325 g/mol. The zero-order chi connectivity index (χ0) is 13.1. The minimum atomic E-state index is -0.126. The molecule has 0 saturated heterocycles. The van der Waals surface area contributed by atoms with Crippen molar-refractivity contribution in [3.63, 3.8) is 0 Å². The summed E-state index contributed by atoms with van der Waals surface area (Å²) in [7, 11) is 0. The molecule has 3 nitrogen and oxygen atoms in total. The van der Waals surface area contributed by atoms with Crippen molar-refractivity contribution < 1.29 is 4.79 Å². The van der Waals surface area contributed by atoms with Crippen LogP contribution in [0.2, 0.25) is 0 Å². The van der Waals surface area contributed by atoms with Crippen LogP contribution in [0.4, 0.5) is 5.13 Å². The zero-order valence-electron chi connectivity index (χ0n) is 10.2. The Labute approximate surface area is 118 Å². The van der Waals surface area contributed by atoms with E-state index in [1.165, 1.54) is 11.3 Å². The average Bonchev–Trinajstić information content (AvgIpc) is 2.70. The van der Waals surface area contributed by atoms with E-state index in [0.29, 0.717) is 10.7 Å². The van der Waals surface area contributed by atoms with E-state index in [0.717, 1.165) is 21.5 Å². The van der Waals surface area contributed by atoms with Crippen LogP contribution in [0.15, 0.2) is 28.7 Å². The number of carbonyl (C=O) groups is 1. The SMILES string of the molecule is CCc1nc(NC(=O)c2ccc(Br)cc2)sc1C. The first-order valence-corrected chi connectivity index (χ1v) is 7.24. The van der Waals surface area contributed by atoms with Crippen molar-refractivity contribution in [3.8, 4) is 0 Å². The molecular weight excluding hydrogens is 312 g/mol. The number of nitrogens with zero attached hydrogens (tertiary/aromatic N) is 1. The number of amides is 1. The maximum Gasteiger partial charge on any atom is 0.257 e. The van der Waals surface area contributed by atoms with Crippen molar-refractivity contribution in [2.75, 3.05) is 5.32 Å². The van der Waals surface area contributed by atoms with Crippen molar-refractivity contribution in [1.29, 1.82) is 0 Å². The van der Waals surface area contributed by atoms with Crippen LogP contribution in [0.3, 0.4) is 0 Å². The van der Waals surface area contributed by atoms with Crippen LogP contribution < -0.4 is 5.32 Å². The highest BCUT2D eigenvalue weighted by atomic mass is 79.9. The van der Waals surface area contributed by atoms with Crippen molar-refractivity contribution >= 4 is 38.3 Å². The quantitative estimate of drug-likeness (QED) is 0.926. The third-order valence-electron chi connectivity index (χ3n) is 2.55. The monoisotopic (exact) mass is 324 g/mol. The van der Waals surface area contributed by atoms with E-state index < -0.39 is 0 Å². The lowest BCUT2D eigenvalue weighted by Gasteiger charge is -2.01. The minimum Gasteiger partial charge on any atom is -0.298 e. The number of aryl methyl sites for hydroxylation is 2. The van der Waals surface area contributed by atoms with Gasteiger partial charge in [0.25, 0.3) is 5.91 Å². The molecule has 0 radical (unpaired) electrons. The van der Waals surface area contributed by atoms with E-state index in [4.69, 9.17) is 0 Å². The van der Waals surface area contributed by atoms with E-state index in [9.17, 15) is 4.79 Å². The smallest absolute Gasteiger partial charge is 0.257 e. The maximum atomic E-state index is 12.0. The first kappa shape index (κ1) is 13.2.